The molecule has 0 aromatic heterocycles. The number of hydrogen-bond donors (Lipinski definition) is 3. The van der Waals surface area contributed by atoms with Crippen molar-refractivity contribution in [1.29, 1.82) is 0 Å². The van der Waals surface area contributed by atoms with Crippen LogP contribution in [0.1, 0.15) is 57.6 Å². The Labute approximate surface area is 303 Å². The van der Waals surface area contributed by atoms with Crippen LogP contribution < -0.4 is 16.0 Å². The maximum absolute atomic E-state index is 13.7. The SMILES string of the molecule is CC(C)c1ccc(/C=C(/NC(=O)c2ccccc2)C(=O)Nc2cccc(SC(C(=O)Nc3cc(C(F)(F)F)ccc3Cl)c3ccccc3)c2)cc1. The van der Waals surface area contributed by atoms with E-state index in [0.717, 1.165) is 35.5 Å². The molecule has 0 bridgehead atoms. The summed E-state index contributed by atoms with van der Waals surface area (Å²) in [5.74, 6) is -1.32. The summed E-state index contributed by atoms with van der Waals surface area (Å²) in [6, 6.07) is 34.4. The number of thioether (sulfide) groups is 1. The molecule has 5 rings (SSSR count). The molecule has 0 aliphatic heterocycles. The second-order valence-electron chi connectivity index (χ2n) is 11.8. The van der Waals surface area contributed by atoms with Crippen molar-refractivity contribution in [1.82, 2.24) is 5.32 Å². The lowest BCUT2D eigenvalue weighted by Crippen LogP contribution is -2.30. The Morgan fingerprint density at radius 1 is 0.745 bits per heavy atom. The lowest BCUT2D eigenvalue weighted by Gasteiger charge is -2.19. The number of carbonyl (C=O) groups excluding carboxylic acids is 3. The molecular weight excluding hydrogens is 695 g/mol. The highest BCUT2D eigenvalue weighted by Crippen LogP contribution is 2.39. The zero-order valence-corrected chi connectivity index (χ0v) is 29.1. The van der Waals surface area contributed by atoms with Crippen LogP contribution in [0.5, 0.6) is 0 Å². The second kappa shape index (κ2) is 16.6. The highest BCUT2D eigenvalue weighted by molar-refractivity contribution is 8.00. The van der Waals surface area contributed by atoms with Crippen molar-refractivity contribution in [3.63, 3.8) is 0 Å². The van der Waals surface area contributed by atoms with Crippen LogP contribution in [0, 0.1) is 0 Å². The monoisotopic (exact) mass is 727 g/mol. The summed E-state index contributed by atoms with van der Waals surface area (Å²) in [6.07, 6.45) is -3.03. The molecule has 5 aromatic rings. The van der Waals surface area contributed by atoms with Gasteiger partial charge in [-0.1, -0.05) is 104 Å². The van der Waals surface area contributed by atoms with Crippen molar-refractivity contribution in [2.24, 2.45) is 0 Å². The Balaban J connectivity index is 1.39. The molecule has 0 spiro atoms. The van der Waals surface area contributed by atoms with Gasteiger partial charge in [-0.3, -0.25) is 14.4 Å². The number of benzene rings is 5. The van der Waals surface area contributed by atoms with E-state index in [2.05, 4.69) is 29.8 Å². The molecule has 6 nitrogen and oxygen atoms in total. The van der Waals surface area contributed by atoms with Crippen LogP contribution in [0.3, 0.4) is 0 Å². The third-order valence-corrected chi connectivity index (χ3v) is 9.26. The van der Waals surface area contributed by atoms with Crippen LogP contribution >= 0.6 is 23.4 Å². The van der Waals surface area contributed by atoms with E-state index in [9.17, 15) is 27.6 Å². The van der Waals surface area contributed by atoms with Gasteiger partial charge in [-0.2, -0.15) is 13.2 Å². The van der Waals surface area contributed by atoms with E-state index in [1.165, 1.54) is 0 Å². The smallest absolute Gasteiger partial charge is 0.323 e. The molecule has 0 fully saturated rings. The van der Waals surface area contributed by atoms with Crippen LogP contribution in [-0.4, -0.2) is 17.7 Å². The molecule has 51 heavy (non-hydrogen) atoms. The van der Waals surface area contributed by atoms with Gasteiger partial charge in [0.1, 0.15) is 10.9 Å². The lowest BCUT2D eigenvalue weighted by atomic mass is 10.0. The Bertz CT molecular complexity index is 2040. The molecule has 0 aliphatic carbocycles. The number of anilines is 2. The zero-order chi connectivity index (χ0) is 36.5. The fourth-order valence-corrected chi connectivity index (χ4v) is 6.21. The quantitative estimate of drug-likeness (QED) is 0.0934. The molecule has 3 amide bonds. The van der Waals surface area contributed by atoms with E-state index in [4.69, 9.17) is 11.6 Å². The standard InChI is InChI=1S/C40H33ClF3N3O3S/c1-25(2)27-18-16-26(17-19-27)22-35(47-37(48)29-12-7-4-8-13-29)38(49)45-31-14-9-15-32(24-31)51-36(28-10-5-3-6-11-28)39(50)46-34-23-30(40(42,43)44)20-21-33(34)41/h3-25,36H,1-2H3,(H,45,49)(H,46,50)(H,47,48)/b35-22+. The molecule has 0 radical (unpaired) electrons. The fourth-order valence-electron chi connectivity index (χ4n) is 4.96. The number of rotatable bonds is 11. The van der Waals surface area contributed by atoms with Gasteiger partial charge < -0.3 is 16.0 Å². The van der Waals surface area contributed by atoms with Crippen molar-refractivity contribution in [3.8, 4) is 0 Å². The van der Waals surface area contributed by atoms with Gasteiger partial charge in [0.25, 0.3) is 11.8 Å². The zero-order valence-electron chi connectivity index (χ0n) is 27.5. The number of alkyl halides is 3. The van der Waals surface area contributed by atoms with E-state index < -0.39 is 34.7 Å². The Morgan fingerprint density at radius 3 is 2.06 bits per heavy atom. The minimum absolute atomic E-state index is 0.0127. The number of amides is 3. The second-order valence-corrected chi connectivity index (χ2v) is 13.4. The third kappa shape index (κ3) is 10.1. The van der Waals surface area contributed by atoms with Crippen LogP contribution in [0.15, 0.2) is 138 Å². The van der Waals surface area contributed by atoms with Crippen molar-refractivity contribution in [3.05, 3.63) is 166 Å². The van der Waals surface area contributed by atoms with Crippen LogP contribution in [0.25, 0.3) is 6.08 Å². The first-order valence-electron chi connectivity index (χ1n) is 15.9. The Hall–Kier alpha value is -5.32. The predicted molar refractivity (Wildman–Crippen MR) is 198 cm³/mol. The van der Waals surface area contributed by atoms with Gasteiger partial charge in [-0.15, -0.1) is 11.8 Å². The molecule has 260 valence electrons. The van der Waals surface area contributed by atoms with Gasteiger partial charge in [0.15, 0.2) is 0 Å². The first-order chi connectivity index (χ1) is 24.4. The van der Waals surface area contributed by atoms with Gasteiger partial charge >= 0.3 is 6.18 Å². The molecule has 0 saturated carbocycles. The third-order valence-electron chi connectivity index (χ3n) is 7.68. The summed E-state index contributed by atoms with van der Waals surface area (Å²) in [6.45, 7) is 4.16. The van der Waals surface area contributed by atoms with Crippen LogP contribution in [0.2, 0.25) is 5.02 Å². The predicted octanol–water partition coefficient (Wildman–Crippen LogP) is 10.4. The van der Waals surface area contributed by atoms with Crippen molar-refractivity contribution in [2.75, 3.05) is 10.6 Å². The van der Waals surface area contributed by atoms with E-state index in [-0.39, 0.29) is 16.4 Å². The average Bonchev–Trinajstić information content (AvgIpc) is 3.11. The maximum atomic E-state index is 13.7. The maximum Gasteiger partial charge on any atom is 0.416 e. The minimum atomic E-state index is -4.62. The van der Waals surface area contributed by atoms with E-state index in [1.807, 2.05) is 24.3 Å². The topological polar surface area (TPSA) is 87.3 Å². The number of carbonyl (C=O) groups is 3. The first kappa shape index (κ1) is 36.9. The molecule has 11 heteroatoms. The van der Waals surface area contributed by atoms with Gasteiger partial charge in [0.2, 0.25) is 5.91 Å². The summed E-state index contributed by atoms with van der Waals surface area (Å²) in [5, 5.41) is 7.18. The van der Waals surface area contributed by atoms with Crippen LogP contribution in [-0.2, 0) is 15.8 Å². The molecule has 1 atom stereocenters. The molecule has 3 N–H and O–H groups in total. The molecule has 0 heterocycles. The summed E-state index contributed by atoms with van der Waals surface area (Å²) in [4.78, 5) is 41.0. The normalized spacial score (nSPS) is 12.3. The van der Waals surface area contributed by atoms with Crippen molar-refractivity contribution >= 4 is 58.5 Å². The summed E-state index contributed by atoms with van der Waals surface area (Å²) in [5.41, 5.74) is 2.08. The van der Waals surface area contributed by atoms with Gasteiger partial charge in [-0.25, -0.2) is 0 Å². The summed E-state index contributed by atoms with van der Waals surface area (Å²) >= 11 is 7.31. The van der Waals surface area contributed by atoms with E-state index in [1.54, 1.807) is 91.0 Å². The first-order valence-corrected chi connectivity index (χ1v) is 17.1. The average molecular weight is 728 g/mol. The largest absolute Gasteiger partial charge is 0.416 e. The van der Waals surface area contributed by atoms with Crippen LogP contribution in [0.4, 0.5) is 24.5 Å². The van der Waals surface area contributed by atoms with Crippen molar-refractivity contribution in [2.45, 2.75) is 36.1 Å². The van der Waals surface area contributed by atoms with Gasteiger partial charge in [0, 0.05) is 16.1 Å². The van der Waals surface area contributed by atoms with Gasteiger partial charge in [0.05, 0.1) is 16.3 Å². The molecular formula is C40H33ClF3N3O3S. The Kier molecular flexibility index (Phi) is 12.0. The number of halogens is 4. The fraction of sp³-hybridized carbons (Fsp3) is 0.125. The minimum Gasteiger partial charge on any atom is -0.323 e. The summed E-state index contributed by atoms with van der Waals surface area (Å²) < 4.78 is 40.2. The Morgan fingerprint density at radius 2 is 1.41 bits per heavy atom. The molecule has 0 saturated heterocycles. The number of hydrogen-bond acceptors (Lipinski definition) is 4. The molecule has 1 unspecified atom stereocenters. The van der Waals surface area contributed by atoms with Gasteiger partial charge in [-0.05, 0) is 77.2 Å². The highest BCUT2D eigenvalue weighted by atomic mass is 35.5. The summed E-state index contributed by atoms with van der Waals surface area (Å²) in [7, 11) is 0. The highest BCUT2D eigenvalue weighted by Gasteiger charge is 2.32. The lowest BCUT2D eigenvalue weighted by molar-refractivity contribution is -0.137. The van der Waals surface area contributed by atoms with Crippen molar-refractivity contribution < 1.29 is 27.6 Å². The molecule has 0 aliphatic rings. The van der Waals surface area contributed by atoms with E-state index in [0.29, 0.717) is 33.2 Å². The number of nitrogens with one attached hydrogen (secondary N) is 3. The van der Waals surface area contributed by atoms with E-state index >= 15 is 0 Å². The molecule has 5 aromatic carbocycles.